The lowest BCUT2D eigenvalue weighted by atomic mass is 9.81. The van der Waals surface area contributed by atoms with E-state index >= 15 is 0 Å². The van der Waals surface area contributed by atoms with Crippen molar-refractivity contribution in [3.63, 3.8) is 0 Å². The number of fused-ring (bicyclic) bond motifs is 1. The lowest BCUT2D eigenvalue weighted by molar-refractivity contribution is -0.137. The van der Waals surface area contributed by atoms with Crippen LogP contribution < -0.4 is 20.5 Å². The number of para-hydroxylation sites is 1. The van der Waals surface area contributed by atoms with Gasteiger partial charge in [-0.2, -0.15) is 13.2 Å². The number of hydrogen-bond donors (Lipinski definition) is 2. The van der Waals surface area contributed by atoms with Gasteiger partial charge in [0.1, 0.15) is 17.6 Å². The summed E-state index contributed by atoms with van der Waals surface area (Å²) in [5.41, 5.74) is 4.33. The fraction of sp³-hybridized carbons (Fsp3) is 0.240. The van der Waals surface area contributed by atoms with Gasteiger partial charge in [0, 0.05) is 18.6 Å². The number of alkyl halides is 3. The second kappa shape index (κ2) is 9.89. The number of halogens is 3. The summed E-state index contributed by atoms with van der Waals surface area (Å²) >= 11 is 1.26. The minimum atomic E-state index is -4.70. The number of amides is 2. The lowest BCUT2D eigenvalue weighted by Gasteiger charge is -2.26. The first-order valence-electron chi connectivity index (χ1n) is 11.1. The molecule has 38 heavy (non-hydrogen) atoms. The number of thiazole rings is 1. The number of rotatable bonds is 5. The molecule has 4 rings (SSSR count). The number of benzene rings is 2. The molecule has 3 N–H and O–H groups in total. The van der Waals surface area contributed by atoms with Gasteiger partial charge in [-0.05, 0) is 35.2 Å². The van der Waals surface area contributed by atoms with Crippen molar-refractivity contribution in [1.29, 1.82) is 0 Å². The van der Waals surface area contributed by atoms with Crippen molar-refractivity contribution < 1.29 is 32.2 Å². The Morgan fingerprint density at radius 3 is 2.42 bits per heavy atom. The van der Waals surface area contributed by atoms with E-state index in [0.29, 0.717) is 22.5 Å². The summed E-state index contributed by atoms with van der Waals surface area (Å²) < 4.78 is 52.7. The molecule has 4 aromatic rings. The van der Waals surface area contributed by atoms with E-state index in [1.165, 1.54) is 30.7 Å². The number of hydrogen-bond acceptors (Lipinski definition) is 8. The minimum absolute atomic E-state index is 0.0568. The average Bonchev–Trinajstić information content (AvgIpc) is 3.20. The van der Waals surface area contributed by atoms with Crippen molar-refractivity contribution in [3.05, 3.63) is 53.9 Å². The van der Waals surface area contributed by atoms with Gasteiger partial charge in [-0.15, -0.1) is 0 Å². The maximum atomic E-state index is 13.7. The van der Waals surface area contributed by atoms with Gasteiger partial charge < -0.3 is 20.5 Å². The van der Waals surface area contributed by atoms with Crippen LogP contribution in [-0.4, -0.2) is 27.0 Å². The standard InChI is InChI=1S/C25H22F3N5O4S/c1-12(34)32-23-33-21-16(6-5-7-18(21)38-23)36-19-10-15(30-11-31-19)20-14(24(2,3)4)8-13(25(26,27)28)9-17(20)37-22(29)35/h5-11H,1-4H3,(H2,29,35)(H,32,33,34). The maximum Gasteiger partial charge on any atom is 0.416 e. The lowest BCUT2D eigenvalue weighted by Crippen LogP contribution is -2.21. The van der Waals surface area contributed by atoms with E-state index in [1.54, 1.807) is 32.9 Å². The van der Waals surface area contributed by atoms with E-state index in [2.05, 4.69) is 20.3 Å². The molecule has 0 saturated heterocycles. The van der Waals surface area contributed by atoms with Gasteiger partial charge in [-0.1, -0.05) is 38.2 Å². The fourth-order valence-electron chi connectivity index (χ4n) is 3.68. The summed E-state index contributed by atoms with van der Waals surface area (Å²) in [6.45, 7) is 6.52. The van der Waals surface area contributed by atoms with Crippen molar-refractivity contribution in [2.45, 2.75) is 39.3 Å². The Labute approximate surface area is 218 Å². The molecule has 2 heterocycles. The number of nitrogens with zero attached hydrogens (tertiary/aromatic N) is 3. The van der Waals surface area contributed by atoms with E-state index in [-0.39, 0.29) is 28.6 Å². The molecule has 2 amide bonds. The number of anilines is 1. The molecular formula is C25H22F3N5O4S. The van der Waals surface area contributed by atoms with Gasteiger partial charge in [0.2, 0.25) is 11.8 Å². The maximum absolute atomic E-state index is 13.7. The van der Waals surface area contributed by atoms with Crippen LogP contribution in [0.4, 0.5) is 23.1 Å². The summed E-state index contributed by atoms with van der Waals surface area (Å²) in [5.74, 6) is -0.283. The van der Waals surface area contributed by atoms with E-state index in [9.17, 15) is 22.8 Å². The topological polar surface area (TPSA) is 129 Å². The highest BCUT2D eigenvalue weighted by atomic mass is 32.1. The predicted octanol–water partition coefficient (Wildman–Crippen LogP) is 6.28. The number of carbonyl (C=O) groups excluding carboxylic acids is 2. The van der Waals surface area contributed by atoms with Gasteiger partial charge >= 0.3 is 12.3 Å². The number of primary amides is 1. The molecule has 0 spiro atoms. The second-order valence-corrected chi connectivity index (χ2v) is 10.2. The first-order valence-corrected chi connectivity index (χ1v) is 11.9. The molecule has 198 valence electrons. The van der Waals surface area contributed by atoms with Crippen LogP contribution in [0.3, 0.4) is 0 Å². The quantitative estimate of drug-likeness (QED) is 0.302. The van der Waals surface area contributed by atoms with Gasteiger partial charge in [0.05, 0.1) is 16.0 Å². The van der Waals surface area contributed by atoms with Gasteiger partial charge in [-0.25, -0.2) is 19.7 Å². The summed E-state index contributed by atoms with van der Waals surface area (Å²) in [4.78, 5) is 35.8. The number of carbonyl (C=O) groups is 2. The van der Waals surface area contributed by atoms with Crippen LogP contribution in [0.5, 0.6) is 17.4 Å². The zero-order chi connectivity index (χ0) is 27.8. The summed E-state index contributed by atoms with van der Waals surface area (Å²) in [7, 11) is 0. The summed E-state index contributed by atoms with van der Waals surface area (Å²) in [6.07, 6.45) is -4.80. The van der Waals surface area contributed by atoms with Crippen molar-refractivity contribution in [2.24, 2.45) is 5.73 Å². The zero-order valence-electron chi connectivity index (χ0n) is 20.6. The third-order valence-electron chi connectivity index (χ3n) is 5.23. The van der Waals surface area contributed by atoms with Crippen LogP contribution in [-0.2, 0) is 16.4 Å². The van der Waals surface area contributed by atoms with Crippen LogP contribution >= 0.6 is 11.3 Å². The first-order chi connectivity index (χ1) is 17.7. The Kier molecular flexibility index (Phi) is 6.98. The van der Waals surface area contributed by atoms with Crippen LogP contribution in [0.2, 0.25) is 0 Å². The Morgan fingerprint density at radius 1 is 1.05 bits per heavy atom. The van der Waals surface area contributed by atoms with E-state index < -0.39 is 29.0 Å². The Bertz CT molecular complexity index is 1550. The molecule has 0 fully saturated rings. The highest BCUT2D eigenvalue weighted by Crippen LogP contribution is 2.44. The Hall–Kier alpha value is -4.26. The summed E-state index contributed by atoms with van der Waals surface area (Å²) in [5, 5.41) is 3.02. The SMILES string of the molecule is CC(=O)Nc1nc2c(Oc3cc(-c4c(OC(N)=O)cc(C(F)(F)F)cc4C(C)(C)C)ncn3)cccc2s1. The Morgan fingerprint density at radius 2 is 1.79 bits per heavy atom. The molecule has 0 unspecified atom stereocenters. The van der Waals surface area contributed by atoms with Crippen molar-refractivity contribution >= 4 is 38.7 Å². The molecule has 0 bridgehead atoms. The molecular weight excluding hydrogens is 523 g/mol. The smallest absolute Gasteiger partial charge is 0.416 e. The molecule has 0 aliphatic heterocycles. The van der Waals surface area contributed by atoms with E-state index in [4.69, 9.17) is 15.2 Å². The van der Waals surface area contributed by atoms with Crippen LogP contribution in [0.15, 0.2) is 42.7 Å². The number of ether oxygens (including phenoxy) is 2. The van der Waals surface area contributed by atoms with Crippen molar-refractivity contribution in [1.82, 2.24) is 15.0 Å². The van der Waals surface area contributed by atoms with Crippen LogP contribution in [0.25, 0.3) is 21.5 Å². The highest BCUT2D eigenvalue weighted by Gasteiger charge is 2.35. The van der Waals surface area contributed by atoms with Gasteiger partial charge in [-0.3, -0.25) is 4.79 Å². The number of nitrogens with one attached hydrogen (secondary N) is 1. The van der Waals surface area contributed by atoms with Crippen molar-refractivity contribution in [2.75, 3.05) is 5.32 Å². The predicted molar refractivity (Wildman–Crippen MR) is 135 cm³/mol. The molecule has 9 nitrogen and oxygen atoms in total. The average molecular weight is 546 g/mol. The van der Waals surface area contributed by atoms with Gasteiger partial charge in [0.15, 0.2) is 10.9 Å². The minimum Gasteiger partial charge on any atom is -0.437 e. The zero-order valence-corrected chi connectivity index (χ0v) is 21.5. The molecule has 0 atom stereocenters. The monoisotopic (exact) mass is 545 g/mol. The fourth-order valence-corrected chi connectivity index (χ4v) is 4.61. The number of aromatic nitrogens is 3. The number of nitrogens with two attached hydrogens (primary N) is 1. The molecule has 2 aromatic heterocycles. The largest absolute Gasteiger partial charge is 0.437 e. The normalized spacial score (nSPS) is 11.9. The first kappa shape index (κ1) is 26.8. The van der Waals surface area contributed by atoms with E-state index in [1.807, 2.05) is 6.07 Å². The van der Waals surface area contributed by atoms with Crippen LogP contribution in [0.1, 0.15) is 38.8 Å². The molecule has 2 aromatic carbocycles. The Balaban J connectivity index is 1.83. The molecule has 13 heteroatoms. The summed E-state index contributed by atoms with van der Waals surface area (Å²) in [6, 6.07) is 8.31. The molecule has 0 aliphatic rings. The van der Waals surface area contributed by atoms with Crippen molar-refractivity contribution in [3.8, 4) is 28.6 Å². The third kappa shape index (κ3) is 5.83. The molecule has 0 radical (unpaired) electrons. The second-order valence-electron chi connectivity index (χ2n) is 9.21. The third-order valence-corrected chi connectivity index (χ3v) is 6.16. The highest BCUT2D eigenvalue weighted by molar-refractivity contribution is 7.22. The van der Waals surface area contributed by atoms with E-state index in [0.717, 1.165) is 10.8 Å². The molecule has 0 saturated carbocycles. The van der Waals surface area contributed by atoms with Gasteiger partial charge in [0.25, 0.3) is 0 Å². The van der Waals surface area contributed by atoms with Crippen LogP contribution in [0, 0.1) is 0 Å². The molecule has 0 aliphatic carbocycles.